The molecular formula is C58H36N4. The summed E-state index contributed by atoms with van der Waals surface area (Å²) in [7, 11) is 0. The van der Waals surface area contributed by atoms with E-state index < -0.39 is 0 Å². The van der Waals surface area contributed by atoms with Crippen molar-refractivity contribution in [1.29, 1.82) is 0 Å². The molecule has 0 radical (unpaired) electrons. The number of fused-ring (bicyclic) bond motifs is 5. The molecule has 12 aromatic rings. The molecule has 0 saturated heterocycles. The van der Waals surface area contributed by atoms with Crippen LogP contribution in [0.3, 0.4) is 0 Å². The number of rotatable bonds is 6. The Hall–Kier alpha value is -8.34. The molecule has 0 spiro atoms. The van der Waals surface area contributed by atoms with Gasteiger partial charge in [-0.25, -0.2) is 15.0 Å². The van der Waals surface area contributed by atoms with Crippen molar-refractivity contribution in [3.05, 3.63) is 219 Å². The van der Waals surface area contributed by atoms with Crippen LogP contribution in [-0.4, -0.2) is 19.9 Å². The van der Waals surface area contributed by atoms with Gasteiger partial charge in [-0.15, -0.1) is 0 Å². The lowest BCUT2D eigenvalue weighted by Crippen LogP contribution is -2.00. The zero-order valence-electron chi connectivity index (χ0n) is 33.6. The Balaban J connectivity index is 0.936. The predicted molar refractivity (Wildman–Crippen MR) is 258 cm³/mol. The molecule has 0 N–H and O–H groups in total. The highest BCUT2D eigenvalue weighted by molar-refractivity contribution is 6.06. The van der Waals surface area contributed by atoms with Gasteiger partial charge in [0.15, 0.2) is 17.5 Å². The Morgan fingerprint density at radius 2 is 0.629 bits per heavy atom. The molecule has 0 aliphatic rings. The van der Waals surface area contributed by atoms with Crippen LogP contribution in [0.25, 0.3) is 121 Å². The van der Waals surface area contributed by atoms with Gasteiger partial charge in [0.25, 0.3) is 0 Å². The number of benzene rings is 10. The molecule has 4 nitrogen and oxygen atoms in total. The SMILES string of the molecule is c1ccc2cc3c(-c4ccc(-c5nc(-c6ccc(-c7ccc8cnccc8c7)cc6)nc(-c6ccc(-c7cccc8cc9ccccc9cc78)cc6)n5)cc4)cccc3cc2c1. The molecule has 62 heavy (non-hydrogen) atoms. The van der Waals surface area contributed by atoms with E-state index in [1.54, 1.807) is 0 Å². The molecule has 0 fully saturated rings. The van der Waals surface area contributed by atoms with Crippen LogP contribution in [0.5, 0.6) is 0 Å². The number of hydrogen-bond donors (Lipinski definition) is 0. The van der Waals surface area contributed by atoms with Gasteiger partial charge in [0.2, 0.25) is 0 Å². The molecular weight excluding hydrogens is 753 g/mol. The smallest absolute Gasteiger partial charge is 0.164 e. The van der Waals surface area contributed by atoms with Crippen LogP contribution < -0.4 is 0 Å². The van der Waals surface area contributed by atoms with Crippen molar-refractivity contribution in [3.63, 3.8) is 0 Å². The van der Waals surface area contributed by atoms with Crippen LogP contribution in [0.15, 0.2) is 219 Å². The second-order valence-corrected chi connectivity index (χ2v) is 15.9. The minimum absolute atomic E-state index is 0.621. The average molecular weight is 789 g/mol. The summed E-state index contributed by atoms with van der Waals surface area (Å²) in [5.74, 6) is 1.87. The lowest BCUT2D eigenvalue weighted by Gasteiger charge is -2.12. The van der Waals surface area contributed by atoms with E-state index >= 15 is 0 Å². The first-order valence-electron chi connectivity index (χ1n) is 20.9. The fraction of sp³-hybridized carbons (Fsp3) is 0. The van der Waals surface area contributed by atoms with Gasteiger partial charge in [-0.1, -0.05) is 170 Å². The number of nitrogens with zero attached hydrogens (tertiary/aromatic N) is 4. The third-order valence-electron chi connectivity index (χ3n) is 12.2. The molecule has 0 aliphatic carbocycles. The minimum atomic E-state index is 0.621. The first-order chi connectivity index (χ1) is 30.7. The molecule has 0 saturated carbocycles. The Labute approximate surface area is 358 Å². The lowest BCUT2D eigenvalue weighted by atomic mass is 9.95. The first-order valence-corrected chi connectivity index (χ1v) is 20.9. The van der Waals surface area contributed by atoms with Crippen LogP contribution in [0, 0.1) is 0 Å². The molecule has 0 atom stereocenters. The Bertz CT molecular complexity index is 3490. The molecule has 10 aromatic carbocycles. The van der Waals surface area contributed by atoms with Crippen LogP contribution in [0.4, 0.5) is 0 Å². The molecule has 288 valence electrons. The summed E-state index contributed by atoms with van der Waals surface area (Å²) in [6, 6.07) is 73.6. The monoisotopic (exact) mass is 788 g/mol. The third-order valence-corrected chi connectivity index (χ3v) is 12.2. The predicted octanol–water partition coefficient (Wildman–Crippen LogP) is 15.0. The lowest BCUT2D eigenvalue weighted by molar-refractivity contribution is 1.07. The fourth-order valence-corrected chi connectivity index (χ4v) is 8.87. The molecule has 0 unspecified atom stereocenters. The van der Waals surface area contributed by atoms with Gasteiger partial charge in [-0.05, 0) is 118 Å². The summed E-state index contributed by atoms with van der Waals surface area (Å²) >= 11 is 0. The van der Waals surface area contributed by atoms with Gasteiger partial charge in [-0.2, -0.15) is 0 Å². The summed E-state index contributed by atoms with van der Waals surface area (Å²) in [4.78, 5) is 19.7. The summed E-state index contributed by atoms with van der Waals surface area (Å²) in [5.41, 5.74) is 9.70. The van der Waals surface area contributed by atoms with E-state index in [0.29, 0.717) is 17.5 Å². The van der Waals surface area contributed by atoms with Crippen molar-refractivity contribution >= 4 is 53.9 Å². The van der Waals surface area contributed by atoms with E-state index in [0.717, 1.165) is 49.7 Å². The van der Waals surface area contributed by atoms with Crippen molar-refractivity contribution < 1.29 is 0 Å². The van der Waals surface area contributed by atoms with E-state index in [1.165, 1.54) is 54.2 Å². The van der Waals surface area contributed by atoms with E-state index in [9.17, 15) is 0 Å². The summed E-state index contributed by atoms with van der Waals surface area (Å²) < 4.78 is 0. The normalized spacial score (nSPS) is 11.5. The van der Waals surface area contributed by atoms with Gasteiger partial charge >= 0.3 is 0 Å². The van der Waals surface area contributed by atoms with Crippen molar-refractivity contribution in [1.82, 2.24) is 19.9 Å². The number of hydrogen-bond acceptors (Lipinski definition) is 4. The maximum Gasteiger partial charge on any atom is 0.164 e. The molecule has 12 rings (SSSR count). The van der Waals surface area contributed by atoms with E-state index in [1.807, 2.05) is 18.5 Å². The van der Waals surface area contributed by atoms with Crippen LogP contribution in [-0.2, 0) is 0 Å². The Kier molecular flexibility index (Phi) is 8.46. The van der Waals surface area contributed by atoms with Gasteiger partial charge in [0.1, 0.15) is 0 Å². The highest BCUT2D eigenvalue weighted by Gasteiger charge is 2.15. The second-order valence-electron chi connectivity index (χ2n) is 15.9. The Morgan fingerprint density at radius 1 is 0.242 bits per heavy atom. The number of aromatic nitrogens is 4. The van der Waals surface area contributed by atoms with E-state index in [4.69, 9.17) is 15.0 Å². The van der Waals surface area contributed by atoms with Crippen molar-refractivity contribution in [2.75, 3.05) is 0 Å². The zero-order chi connectivity index (χ0) is 41.0. The van der Waals surface area contributed by atoms with E-state index in [2.05, 4.69) is 205 Å². The third kappa shape index (κ3) is 6.42. The Morgan fingerprint density at radius 3 is 1.11 bits per heavy atom. The van der Waals surface area contributed by atoms with Crippen molar-refractivity contribution in [2.24, 2.45) is 0 Å². The van der Waals surface area contributed by atoms with Gasteiger partial charge in [0, 0.05) is 34.5 Å². The highest BCUT2D eigenvalue weighted by Crippen LogP contribution is 2.36. The van der Waals surface area contributed by atoms with Gasteiger partial charge < -0.3 is 0 Å². The standard InChI is InChI=1S/C58H36N4/c1-3-9-45-34-54-49(32-43(45)7-1)11-5-13-52(54)38-17-23-41(24-18-38)57-60-56(40-21-15-37(16-22-40)47-27-28-51-36-59-30-29-48(51)31-47)61-58(62-57)42-25-19-39(20-26-42)53-14-6-12-50-33-44-8-2-4-10-46(44)35-55(50)53/h1-36H. The molecule has 0 aliphatic heterocycles. The first kappa shape index (κ1) is 35.6. The van der Waals surface area contributed by atoms with E-state index in [-0.39, 0.29) is 0 Å². The zero-order valence-corrected chi connectivity index (χ0v) is 33.6. The molecule has 4 heteroatoms. The van der Waals surface area contributed by atoms with Crippen molar-refractivity contribution in [3.8, 4) is 67.5 Å². The summed E-state index contributed by atoms with van der Waals surface area (Å²) in [6.45, 7) is 0. The van der Waals surface area contributed by atoms with Crippen LogP contribution in [0.2, 0.25) is 0 Å². The number of pyridine rings is 1. The fourth-order valence-electron chi connectivity index (χ4n) is 8.87. The second kappa shape index (κ2) is 14.7. The minimum Gasteiger partial charge on any atom is -0.264 e. The van der Waals surface area contributed by atoms with Gasteiger partial charge in [0.05, 0.1) is 0 Å². The molecule has 2 heterocycles. The summed E-state index contributed by atoms with van der Waals surface area (Å²) in [5, 5.41) is 12.1. The molecule has 2 aromatic heterocycles. The van der Waals surface area contributed by atoms with Gasteiger partial charge in [-0.3, -0.25) is 4.98 Å². The molecule has 0 amide bonds. The maximum atomic E-state index is 5.14. The quantitative estimate of drug-likeness (QED) is 0.158. The topological polar surface area (TPSA) is 51.6 Å². The maximum absolute atomic E-state index is 5.14. The summed E-state index contributed by atoms with van der Waals surface area (Å²) in [6.07, 6.45) is 3.73. The molecule has 0 bridgehead atoms. The average Bonchev–Trinajstić information content (AvgIpc) is 3.34. The van der Waals surface area contributed by atoms with Crippen LogP contribution >= 0.6 is 0 Å². The largest absolute Gasteiger partial charge is 0.264 e. The van der Waals surface area contributed by atoms with Crippen LogP contribution in [0.1, 0.15) is 0 Å². The van der Waals surface area contributed by atoms with Crippen molar-refractivity contribution in [2.45, 2.75) is 0 Å². The highest BCUT2D eigenvalue weighted by atomic mass is 15.0.